The Labute approximate surface area is 182 Å². The van der Waals surface area contributed by atoms with E-state index in [1.165, 1.54) is 17.3 Å². The molecule has 4 rings (SSSR count). The van der Waals surface area contributed by atoms with Gasteiger partial charge < -0.3 is 4.90 Å². The van der Waals surface area contributed by atoms with Crippen molar-refractivity contribution in [2.45, 2.75) is 43.9 Å². The zero-order chi connectivity index (χ0) is 21.3. The van der Waals surface area contributed by atoms with Crippen LogP contribution >= 0.6 is 11.8 Å². The third-order valence-electron chi connectivity index (χ3n) is 5.60. The molecule has 5 nitrogen and oxygen atoms in total. The van der Waals surface area contributed by atoms with Crippen molar-refractivity contribution in [2.75, 3.05) is 16.4 Å². The highest BCUT2D eigenvalue weighted by atomic mass is 32.2. The zero-order valence-electron chi connectivity index (χ0n) is 17.2. The fourth-order valence-electron chi connectivity index (χ4n) is 3.94. The SMILES string of the molecule is CC(C)c1ccc(N2C(=NC(=O)CCc3ccccc3)S[C@@H]3CS(=O)(=O)C[C@@H]32)cc1. The summed E-state index contributed by atoms with van der Waals surface area (Å²) in [6.45, 7) is 4.27. The summed E-state index contributed by atoms with van der Waals surface area (Å²) in [5.41, 5.74) is 3.22. The number of carbonyl (C=O) groups excluding carboxylic acids is 1. The summed E-state index contributed by atoms with van der Waals surface area (Å²) >= 11 is 1.42. The van der Waals surface area contributed by atoms with Gasteiger partial charge in [-0.2, -0.15) is 4.99 Å². The Bertz CT molecular complexity index is 1050. The molecule has 1 amide bonds. The largest absolute Gasteiger partial charge is 0.316 e. The van der Waals surface area contributed by atoms with Gasteiger partial charge in [-0.25, -0.2) is 8.42 Å². The molecule has 2 aromatic rings. The van der Waals surface area contributed by atoms with E-state index in [4.69, 9.17) is 0 Å². The lowest BCUT2D eigenvalue weighted by Gasteiger charge is -2.25. The van der Waals surface area contributed by atoms with E-state index in [-0.39, 0.29) is 28.7 Å². The van der Waals surface area contributed by atoms with Crippen molar-refractivity contribution in [3.63, 3.8) is 0 Å². The van der Waals surface area contributed by atoms with Gasteiger partial charge in [0.25, 0.3) is 0 Å². The molecule has 0 saturated carbocycles. The molecule has 0 bridgehead atoms. The highest BCUT2D eigenvalue weighted by Gasteiger charge is 2.49. The Kier molecular flexibility index (Phi) is 6.02. The number of thioether (sulfide) groups is 1. The summed E-state index contributed by atoms with van der Waals surface area (Å²) in [6.07, 6.45) is 0.979. The van der Waals surface area contributed by atoms with E-state index < -0.39 is 9.84 Å². The molecule has 2 atom stereocenters. The van der Waals surface area contributed by atoms with Crippen molar-refractivity contribution < 1.29 is 13.2 Å². The molecule has 2 aliphatic rings. The number of aryl methyl sites for hydroxylation is 1. The summed E-state index contributed by atoms with van der Waals surface area (Å²) in [6, 6.07) is 17.9. The third kappa shape index (κ3) is 4.62. The molecule has 158 valence electrons. The lowest BCUT2D eigenvalue weighted by atomic mass is 10.0. The van der Waals surface area contributed by atoms with Crippen LogP contribution in [-0.2, 0) is 21.1 Å². The van der Waals surface area contributed by atoms with Crippen molar-refractivity contribution in [1.29, 1.82) is 0 Å². The number of sulfone groups is 1. The molecule has 2 aliphatic heterocycles. The Morgan fingerprint density at radius 3 is 2.47 bits per heavy atom. The van der Waals surface area contributed by atoms with Crippen molar-refractivity contribution >= 4 is 38.4 Å². The molecule has 0 spiro atoms. The van der Waals surface area contributed by atoms with Crippen LogP contribution in [-0.4, -0.2) is 42.3 Å². The van der Waals surface area contributed by atoms with Crippen LogP contribution in [0.2, 0.25) is 0 Å². The molecule has 30 heavy (non-hydrogen) atoms. The second-order valence-corrected chi connectivity index (χ2v) is 11.6. The Morgan fingerprint density at radius 2 is 1.80 bits per heavy atom. The fraction of sp³-hybridized carbons (Fsp3) is 0.391. The van der Waals surface area contributed by atoms with Crippen LogP contribution < -0.4 is 4.90 Å². The fourth-order valence-corrected chi connectivity index (χ4v) is 7.88. The first-order valence-electron chi connectivity index (χ1n) is 10.2. The maximum atomic E-state index is 12.6. The van der Waals surface area contributed by atoms with E-state index in [1.807, 2.05) is 47.4 Å². The van der Waals surface area contributed by atoms with Gasteiger partial charge in [-0.15, -0.1) is 0 Å². The van der Waals surface area contributed by atoms with Gasteiger partial charge in [0.2, 0.25) is 5.91 Å². The van der Waals surface area contributed by atoms with Gasteiger partial charge in [-0.05, 0) is 35.6 Å². The number of hydrogen-bond donors (Lipinski definition) is 0. The van der Waals surface area contributed by atoms with Crippen LogP contribution in [0.15, 0.2) is 59.6 Å². The summed E-state index contributed by atoms with van der Waals surface area (Å²) in [5, 5.41) is 0.538. The van der Waals surface area contributed by atoms with Crippen molar-refractivity contribution in [3.8, 4) is 0 Å². The predicted octanol–water partition coefficient (Wildman–Crippen LogP) is 4.04. The van der Waals surface area contributed by atoms with Gasteiger partial charge in [-0.3, -0.25) is 4.79 Å². The van der Waals surface area contributed by atoms with Gasteiger partial charge in [0.1, 0.15) is 0 Å². The first-order valence-corrected chi connectivity index (χ1v) is 12.9. The quantitative estimate of drug-likeness (QED) is 0.699. The highest BCUT2D eigenvalue weighted by molar-refractivity contribution is 8.16. The summed E-state index contributed by atoms with van der Waals surface area (Å²) in [7, 11) is -3.07. The van der Waals surface area contributed by atoms with E-state index >= 15 is 0 Å². The molecule has 0 radical (unpaired) electrons. The second kappa shape index (κ2) is 8.55. The summed E-state index contributed by atoms with van der Waals surface area (Å²) in [5.74, 6) is 0.487. The minimum absolute atomic E-state index is 0.0829. The lowest BCUT2D eigenvalue weighted by Crippen LogP contribution is -2.37. The molecule has 0 aliphatic carbocycles. The van der Waals surface area contributed by atoms with Crippen LogP contribution in [0.3, 0.4) is 0 Å². The molecule has 2 saturated heterocycles. The number of carbonyl (C=O) groups is 1. The predicted molar refractivity (Wildman–Crippen MR) is 124 cm³/mol. The van der Waals surface area contributed by atoms with Crippen molar-refractivity contribution in [1.82, 2.24) is 0 Å². The molecule has 0 N–H and O–H groups in total. The number of benzene rings is 2. The average Bonchev–Trinajstić information content (AvgIpc) is 3.18. The Morgan fingerprint density at radius 1 is 1.10 bits per heavy atom. The first-order chi connectivity index (χ1) is 14.3. The second-order valence-electron chi connectivity index (χ2n) is 8.19. The van der Waals surface area contributed by atoms with Gasteiger partial charge in [0, 0.05) is 17.4 Å². The number of hydrogen-bond acceptors (Lipinski definition) is 4. The minimum Gasteiger partial charge on any atom is -0.316 e. The van der Waals surface area contributed by atoms with Crippen molar-refractivity contribution in [2.24, 2.45) is 4.99 Å². The zero-order valence-corrected chi connectivity index (χ0v) is 18.8. The average molecular weight is 443 g/mol. The van der Waals surface area contributed by atoms with E-state index in [2.05, 4.69) is 31.0 Å². The number of nitrogens with zero attached hydrogens (tertiary/aromatic N) is 2. The van der Waals surface area contributed by atoms with Crippen molar-refractivity contribution in [3.05, 3.63) is 65.7 Å². The highest BCUT2D eigenvalue weighted by Crippen LogP contribution is 2.41. The topological polar surface area (TPSA) is 66.8 Å². The number of amides is 1. The maximum Gasteiger partial charge on any atom is 0.248 e. The van der Waals surface area contributed by atoms with Crippen LogP contribution in [0.25, 0.3) is 0 Å². The number of fused-ring (bicyclic) bond motifs is 1. The molecular weight excluding hydrogens is 416 g/mol. The number of rotatable bonds is 5. The van der Waals surface area contributed by atoms with Gasteiger partial charge in [-0.1, -0.05) is 68.1 Å². The maximum absolute atomic E-state index is 12.6. The van der Waals surface area contributed by atoms with Gasteiger partial charge >= 0.3 is 0 Å². The van der Waals surface area contributed by atoms with Gasteiger partial charge in [0.15, 0.2) is 15.0 Å². The van der Waals surface area contributed by atoms with Crippen LogP contribution in [0.5, 0.6) is 0 Å². The normalized spacial score (nSPS) is 23.8. The minimum atomic E-state index is -3.07. The smallest absolute Gasteiger partial charge is 0.248 e. The molecule has 2 fully saturated rings. The van der Waals surface area contributed by atoms with Crippen LogP contribution in [0.4, 0.5) is 5.69 Å². The third-order valence-corrected chi connectivity index (χ3v) is 8.80. The van der Waals surface area contributed by atoms with E-state index in [9.17, 15) is 13.2 Å². The summed E-state index contributed by atoms with van der Waals surface area (Å²) in [4.78, 5) is 19.0. The van der Waals surface area contributed by atoms with Crippen LogP contribution in [0.1, 0.15) is 37.3 Å². The number of anilines is 1. The Hall–Kier alpha value is -2.12. The number of aliphatic imine (C=N–C) groups is 1. The molecule has 0 unspecified atom stereocenters. The molecular formula is C23H26N2O3S2. The monoisotopic (exact) mass is 442 g/mol. The van der Waals surface area contributed by atoms with E-state index in [1.54, 1.807) is 0 Å². The van der Waals surface area contributed by atoms with Crippen LogP contribution in [0, 0.1) is 0 Å². The summed E-state index contributed by atoms with van der Waals surface area (Å²) < 4.78 is 24.4. The Balaban J connectivity index is 1.57. The molecule has 2 aromatic carbocycles. The lowest BCUT2D eigenvalue weighted by molar-refractivity contribution is -0.117. The van der Waals surface area contributed by atoms with E-state index in [0.29, 0.717) is 23.9 Å². The first kappa shape index (κ1) is 21.1. The number of amidine groups is 1. The molecule has 0 aromatic heterocycles. The van der Waals surface area contributed by atoms with Gasteiger partial charge in [0.05, 0.1) is 17.5 Å². The molecule has 7 heteroatoms. The van der Waals surface area contributed by atoms with E-state index in [0.717, 1.165) is 11.3 Å². The molecule has 2 heterocycles. The standard InChI is InChI=1S/C23H26N2O3S2/c1-16(2)18-9-11-19(12-10-18)25-20-14-30(27,28)15-21(20)29-23(25)24-22(26)13-8-17-6-4-3-5-7-17/h3-7,9-12,16,20-21H,8,13-15H2,1-2H3/t20-,21+/m0/s1.